The SMILES string of the molecule is O=C(C[N+]12CCC(CC1)[C@@H](OC(=O)C(NC(=O)c1ccc(F)cc1)c1ccccc1)C2)c1ccccc1. The van der Waals surface area contributed by atoms with E-state index in [1.54, 1.807) is 24.3 Å². The summed E-state index contributed by atoms with van der Waals surface area (Å²) < 4.78 is 20.0. The van der Waals surface area contributed by atoms with Crippen molar-refractivity contribution in [2.24, 2.45) is 5.92 Å². The standard InChI is InChI=1S/C30H29FN2O4/c31-25-13-11-24(12-14-25)29(35)32-28(23-9-5-2-6-10-23)30(36)37-27-20-33(17-15-22(27)16-18-33)19-26(34)21-7-3-1-4-8-21/h1-14,22,27-28H,15-20H2/p+1/t22?,27-,28?,33?/m0/s1. The lowest BCUT2D eigenvalue weighted by Gasteiger charge is -2.51. The van der Waals surface area contributed by atoms with Crippen molar-refractivity contribution >= 4 is 17.7 Å². The molecule has 0 aliphatic carbocycles. The van der Waals surface area contributed by atoms with E-state index in [1.807, 2.05) is 36.4 Å². The second-order valence-electron chi connectivity index (χ2n) is 10.1. The Morgan fingerprint density at radius 1 is 0.865 bits per heavy atom. The zero-order valence-electron chi connectivity index (χ0n) is 20.5. The number of ketones is 1. The summed E-state index contributed by atoms with van der Waals surface area (Å²) in [5.74, 6) is -1.13. The van der Waals surface area contributed by atoms with Gasteiger partial charge < -0.3 is 14.5 Å². The van der Waals surface area contributed by atoms with Crippen molar-refractivity contribution in [1.82, 2.24) is 5.32 Å². The first-order chi connectivity index (χ1) is 17.9. The topological polar surface area (TPSA) is 72.5 Å². The van der Waals surface area contributed by atoms with Crippen LogP contribution in [0.4, 0.5) is 4.39 Å². The summed E-state index contributed by atoms with van der Waals surface area (Å²) in [4.78, 5) is 39.4. The lowest BCUT2D eigenvalue weighted by molar-refractivity contribution is -0.938. The largest absolute Gasteiger partial charge is 0.454 e. The van der Waals surface area contributed by atoms with Crippen LogP contribution in [-0.4, -0.2) is 54.4 Å². The van der Waals surface area contributed by atoms with E-state index in [2.05, 4.69) is 5.32 Å². The molecule has 0 spiro atoms. The van der Waals surface area contributed by atoms with Gasteiger partial charge >= 0.3 is 5.97 Å². The molecule has 3 saturated heterocycles. The molecule has 3 aromatic carbocycles. The first-order valence-corrected chi connectivity index (χ1v) is 12.7. The summed E-state index contributed by atoms with van der Waals surface area (Å²) in [6, 6.07) is 22.4. The van der Waals surface area contributed by atoms with Crippen LogP contribution in [0.2, 0.25) is 0 Å². The van der Waals surface area contributed by atoms with Gasteiger partial charge in [0.15, 0.2) is 12.1 Å². The van der Waals surface area contributed by atoms with Crippen LogP contribution < -0.4 is 5.32 Å². The van der Waals surface area contributed by atoms with E-state index < -0.39 is 23.7 Å². The first kappa shape index (κ1) is 24.8. The zero-order chi connectivity index (χ0) is 25.8. The predicted molar refractivity (Wildman–Crippen MR) is 136 cm³/mol. The van der Waals surface area contributed by atoms with E-state index in [-0.39, 0.29) is 23.4 Å². The van der Waals surface area contributed by atoms with Crippen molar-refractivity contribution in [3.63, 3.8) is 0 Å². The number of carbonyl (C=O) groups is 3. The lowest BCUT2D eigenvalue weighted by Crippen LogP contribution is -2.66. The fraction of sp³-hybridized carbons (Fsp3) is 0.300. The summed E-state index contributed by atoms with van der Waals surface area (Å²) >= 11 is 0. The number of nitrogens with one attached hydrogen (secondary N) is 1. The van der Waals surface area contributed by atoms with E-state index in [0.717, 1.165) is 25.9 Å². The van der Waals surface area contributed by atoms with Crippen LogP contribution in [0.15, 0.2) is 84.9 Å². The number of rotatable bonds is 8. The molecular weight excluding hydrogens is 471 g/mol. The fourth-order valence-electron chi connectivity index (χ4n) is 5.55. The maximum Gasteiger partial charge on any atom is 0.333 e. The molecule has 6 nitrogen and oxygen atoms in total. The molecule has 3 fully saturated rings. The van der Waals surface area contributed by atoms with E-state index in [4.69, 9.17) is 4.74 Å². The van der Waals surface area contributed by atoms with Crippen LogP contribution in [0, 0.1) is 11.7 Å². The highest BCUT2D eigenvalue weighted by Gasteiger charge is 2.49. The third kappa shape index (κ3) is 5.62. The Morgan fingerprint density at radius 2 is 1.49 bits per heavy atom. The second-order valence-corrected chi connectivity index (χ2v) is 10.1. The average molecular weight is 502 g/mol. The minimum absolute atomic E-state index is 0.0970. The van der Waals surface area contributed by atoms with Crippen molar-refractivity contribution in [2.75, 3.05) is 26.2 Å². The van der Waals surface area contributed by atoms with Crippen molar-refractivity contribution in [3.8, 4) is 0 Å². The number of halogens is 1. The van der Waals surface area contributed by atoms with E-state index in [1.165, 1.54) is 24.3 Å². The highest BCUT2D eigenvalue weighted by atomic mass is 19.1. The fourth-order valence-corrected chi connectivity index (χ4v) is 5.55. The van der Waals surface area contributed by atoms with Crippen LogP contribution in [0.1, 0.15) is 45.2 Å². The molecule has 3 aliphatic rings. The molecule has 0 saturated carbocycles. The second kappa shape index (κ2) is 10.6. The van der Waals surface area contributed by atoms with E-state index in [0.29, 0.717) is 28.7 Å². The molecule has 2 atom stereocenters. The molecule has 1 unspecified atom stereocenters. The smallest absolute Gasteiger partial charge is 0.333 e. The average Bonchev–Trinajstić information content (AvgIpc) is 2.93. The van der Waals surface area contributed by atoms with Crippen molar-refractivity contribution in [1.29, 1.82) is 0 Å². The molecule has 3 aliphatic heterocycles. The Morgan fingerprint density at radius 3 is 2.14 bits per heavy atom. The Hall–Kier alpha value is -3.84. The summed E-state index contributed by atoms with van der Waals surface area (Å²) in [5, 5.41) is 2.77. The summed E-state index contributed by atoms with van der Waals surface area (Å²) in [6.45, 7) is 2.75. The minimum Gasteiger partial charge on any atom is -0.454 e. The maximum absolute atomic E-state index is 13.5. The molecule has 0 radical (unpaired) electrons. The number of Topliss-reactive ketones (excluding diaryl/α,β-unsaturated/α-hetero) is 1. The van der Waals surface area contributed by atoms with Gasteiger partial charge in [0.2, 0.25) is 5.78 Å². The van der Waals surface area contributed by atoms with E-state index >= 15 is 0 Å². The van der Waals surface area contributed by atoms with Gasteiger partial charge in [-0.05, 0) is 29.8 Å². The van der Waals surface area contributed by atoms with Crippen molar-refractivity contribution < 1.29 is 28.0 Å². The molecular formula is C30H30FN2O4+. The quantitative estimate of drug-likeness (QED) is 0.283. The number of ether oxygens (including phenoxy) is 1. The molecule has 0 aromatic heterocycles. The van der Waals surface area contributed by atoms with Gasteiger partial charge in [-0.2, -0.15) is 0 Å². The normalized spacial score (nSPS) is 23.2. The number of quaternary nitrogens is 1. The van der Waals surface area contributed by atoms with Crippen molar-refractivity contribution in [2.45, 2.75) is 25.0 Å². The van der Waals surface area contributed by atoms with Gasteiger partial charge in [-0.3, -0.25) is 9.59 Å². The Labute approximate surface area is 215 Å². The van der Waals surface area contributed by atoms with Crippen LogP contribution in [-0.2, 0) is 9.53 Å². The van der Waals surface area contributed by atoms with Gasteiger partial charge in [-0.15, -0.1) is 0 Å². The molecule has 190 valence electrons. The van der Waals surface area contributed by atoms with Gasteiger partial charge in [0.25, 0.3) is 5.91 Å². The molecule has 3 heterocycles. The maximum atomic E-state index is 13.5. The lowest BCUT2D eigenvalue weighted by atomic mass is 9.82. The molecule has 7 heteroatoms. The number of carbonyl (C=O) groups excluding carboxylic acids is 3. The monoisotopic (exact) mass is 501 g/mol. The summed E-state index contributed by atoms with van der Waals surface area (Å²) in [7, 11) is 0. The van der Waals surface area contributed by atoms with Crippen LogP contribution in [0.5, 0.6) is 0 Å². The van der Waals surface area contributed by atoms with Crippen LogP contribution in [0.3, 0.4) is 0 Å². The first-order valence-electron chi connectivity index (χ1n) is 12.7. The predicted octanol–water partition coefficient (Wildman–Crippen LogP) is 4.33. The van der Waals surface area contributed by atoms with Gasteiger partial charge in [0, 0.05) is 29.9 Å². The Balaban J connectivity index is 1.31. The highest BCUT2D eigenvalue weighted by molar-refractivity contribution is 5.97. The molecule has 6 rings (SSSR count). The third-order valence-electron chi connectivity index (χ3n) is 7.63. The zero-order valence-corrected chi connectivity index (χ0v) is 20.5. The van der Waals surface area contributed by atoms with Crippen LogP contribution in [0.25, 0.3) is 0 Å². The number of hydrogen-bond donors (Lipinski definition) is 1. The minimum atomic E-state index is -1.01. The Bertz CT molecular complexity index is 1260. The highest BCUT2D eigenvalue weighted by Crippen LogP contribution is 2.36. The van der Waals surface area contributed by atoms with Gasteiger partial charge in [0.1, 0.15) is 18.9 Å². The number of piperidine rings is 3. The van der Waals surface area contributed by atoms with Crippen LogP contribution >= 0.6 is 0 Å². The third-order valence-corrected chi connectivity index (χ3v) is 7.63. The molecule has 2 bridgehead atoms. The van der Waals surface area contributed by atoms with Gasteiger partial charge in [0.05, 0.1) is 13.1 Å². The summed E-state index contributed by atoms with van der Waals surface area (Å²) in [5.41, 5.74) is 1.55. The summed E-state index contributed by atoms with van der Waals surface area (Å²) in [6.07, 6.45) is 1.45. The van der Waals surface area contributed by atoms with Gasteiger partial charge in [-0.25, -0.2) is 9.18 Å². The van der Waals surface area contributed by atoms with E-state index in [9.17, 15) is 18.8 Å². The number of esters is 1. The molecule has 37 heavy (non-hydrogen) atoms. The van der Waals surface area contributed by atoms with Gasteiger partial charge in [-0.1, -0.05) is 60.7 Å². The molecule has 3 aromatic rings. The molecule has 1 N–H and O–H groups in total. The number of benzene rings is 3. The Kier molecular flexibility index (Phi) is 7.15. The number of amides is 1. The number of nitrogens with zero attached hydrogens (tertiary/aromatic N) is 1. The molecule has 1 amide bonds. The number of hydrogen-bond acceptors (Lipinski definition) is 4. The van der Waals surface area contributed by atoms with Crippen molar-refractivity contribution in [3.05, 3.63) is 107 Å². The number of fused-ring (bicyclic) bond motifs is 3.